The molecule has 1 aliphatic carbocycles. The van der Waals surface area contributed by atoms with Crippen molar-refractivity contribution in [2.45, 2.75) is 31.7 Å². The lowest BCUT2D eigenvalue weighted by Crippen LogP contribution is -2.40. The SMILES string of the molecule is CN(C(=O)c1csc(-c2ccsc2)n1)C1CCC(CO)CC1. The van der Waals surface area contributed by atoms with Gasteiger partial charge in [-0.05, 0) is 43.0 Å². The third-order valence-corrected chi connectivity index (χ3v) is 6.01. The Kier molecular flexibility index (Phi) is 4.90. The molecule has 4 nitrogen and oxygen atoms in total. The Balaban J connectivity index is 1.66. The Morgan fingerprint density at radius 1 is 1.36 bits per heavy atom. The van der Waals surface area contributed by atoms with Crippen LogP contribution in [-0.2, 0) is 0 Å². The van der Waals surface area contributed by atoms with Crippen molar-refractivity contribution >= 4 is 28.6 Å². The minimum Gasteiger partial charge on any atom is -0.396 e. The maximum Gasteiger partial charge on any atom is 0.273 e. The first-order valence-corrected chi connectivity index (χ1v) is 9.37. The molecule has 0 aromatic carbocycles. The third kappa shape index (κ3) is 3.24. The number of aliphatic hydroxyl groups excluding tert-OH is 1. The van der Waals surface area contributed by atoms with Gasteiger partial charge >= 0.3 is 0 Å². The van der Waals surface area contributed by atoms with Gasteiger partial charge < -0.3 is 10.0 Å². The molecule has 1 saturated carbocycles. The highest BCUT2D eigenvalue weighted by molar-refractivity contribution is 7.14. The van der Waals surface area contributed by atoms with E-state index in [-0.39, 0.29) is 18.6 Å². The smallest absolute Gasteiger partial charge is 0.273 e. The molecule has 3 rings (SSSR count). The molecule has 0 aliphatic heterocycles. The number of thiophene rings is 1. The van der Waals surface area contributed by atoms with Crippen molar-refractivity contribution in [3.8, 4) is 10.6 Å². The summed E-state index contributed by atoms with van der Waals surface area (Å²) in [5, 5.41) is 16.0. The van der Waals surface area contributed by atoms with Gasteiger partial charge in [-0.15, -0.1) is 11.3 Å². The van der Waals surface area contributed by atoms with Crippen LogP contribution in [0.15, 0.2) is 22.2 Å². The molecule has 0 atom stereocenters. The van der Waals surface area contributed by atoms with Gasteiger partial charge in [0.25, 0.3) is 5.91 Å². The average Bonchev–Trinajstić information content (AvgIpc) is 3.24. The summed E-state index contributed by atoms with van der Waals surface area (Å²) in [4.78, 5) is 18.9. The van der Waals surface area contributed by atoms with Gasteiger partial charge in [-0.1, -0.05) is 0 Å². The summed E-state index contributed by atoms with van der Waals surface area (Å²) in [5.41, 5.74) is 1.62. The summed E-state index contributed by atoms with van der Waals surface area (Å²) < 4.78 is 0. The van der Waals surface area contributed by atoms with E-state index in [0.29, 0.717) is 11.6 Å². The van der Waals surface area contributed by atoms with Crippen molar-refractivity contribution < 1.29 is 9.90 Å². The van der Waals surface area contributed by atoms with E-state index >= 15 is 0 Å². The zero-order valence-corrected chi connectivity index (χ0v) is 14.2. The van der Waals surface area contributed by atoms with E-state index in [2.05, 4.69) is 4.98 Å². The fourth-order valence-corrected chi connectivity index (χ4v) is 4.46. The van der Waals surface area contributed by atoms with Crippen LogP contribution in [0.2, 0.25) is 0 Å². The molecule has 2 heterocycles. The van der Waals surface area contributed by atoms with Crippen LogP contribution >= 0.6 is 22.7 Å². The molecular formula is C16H20N2O2S2. The van der Waals surface area contributed by atoms with Crippen LogP contribution in [0.1, 0.15) is 36.2 Å². The van der Waals surface area contributed by atoms with Gasteiger partial charge in [0, 0.05) is 36.0 Å². The summed E-state index contributed by atoms with van der Waals surface area (Å²) in [6.45, 7) is 0.264. The predicted molar refractivity (Wildman–Crippen MR) is 90.4 cm³/mol. The zero-order chi connectivity index (χ0) is 15.5. The molecule has 1 aliphatic rings. The topological polar surface area (TPSA) is 53.4 Å². The van der Waals surface area contributed by atoms with Crippen LogP contribution in [0, 0.1) is 5.92 Å². The van der Waals surface area contributed by atoms with E-state index in [1.165, 1.54) is 11.3 Å². The first-order valence-electron chi connectivity index (χ1n) is 7.55. The molecule has 6 heteroatoms. The number of thiazole rings is 1. The molecule has 118 valence electrons. The lowest BCUT2D eigenvalue weighted by Gasteiger charge is -2.33. The van der Waals surface area contributed by atoms with Crippen LogP contribution in [-0.4, -0.2) is 40.6 Å². The Labute approximate surface area is 138 Å². The van der Waals surface area contributed by atoms with Gasteiger partial charge in [0.2, 0.25) is 0 Å². The monoisotopic (exact) mass is 336 g/mol. The molecule has 1 N–H and O–H groups in total. The summed E-state index contributed by atoms with van der Waals surface area (Å²) in [7, 11) is 1.87. The number of aliphatic hydroxyl groups is 1. The molecular weight excluding hydrogens is 316 g/mol. The van der Waals surface area contributed by atoms with Crippen molar-refractivity contribution in [3.05, 3.63) is 27.9 Å². The number of hydrogen-bond acceptors (Lipinski definition) is 5. The van der Waals surface area contributed by atoms with E-state index in [9.17, 15) is 9.90 Å². The molecule has 0 saturated heterocycles. The minimum absolute atomic E-state index is 0.00479. The van der Waals surface area contributed by atoms with Crippen LogP contribution in [0.5, 0.6) is 0 Å². The second-order valence-electron chi connectivity index (χ2n) is 5.82. The lowest BCUT2D eigenvalue weighted by atomic mass is 9.86. The number of amides is 1. The highest BCUT2D eigenvalue weighted by Crippen LogP contribution is 2.29. The van der Waals surface area contributed by atoms with Gasteiger partial charge in [-0.3, -0.25) is 4.79 Å². The minimum atomic E-state index is 0.00479. The van der Waals surface area contributed by atoms with Crippen LogP contribution in [0.25, 0.3) is 10.6 Å². The third-order valence-electron chi connectivity index (χ3n) is 4.43. The van der Waals surface area contributed by atoms with Crippen LogP contribution < -0.4 is 0 Å². The zero-order valence-electron chi connectivity index (χ0n) is 12.6. The lowest BCUT2D eigenvalue weighted by molar-refractivity contribution is 0.0648. The van der Waals surface area contributed by atoms with E-state index in [1.54, 1.807) is 11.3 Å². The standard InChI is InChI=1S/C16H20N2O2S2/c1-18(13-4-2-11(8-19)3-5-13)16(20)14-10-22-15(17-14)12-6-7-21-9-12/h6-7,9-11,13,19H,2-5,8H2,1H3. The molecule has 1 fully saturated rings. The Bertz CT molecular complexity index is 616. The van der Waals surface area contributed by atoms with E-state index in [0.717, 1.165) is 36.3 Å². The van der Waals surface area contributed by atoms with Crippen molar-refractivity contribution in [2.75, 3.05) is 13.7 Å². The van der Waals surface area contributed by atoms with Crippen molar-refractivity contribution in [3.63, 3.8) is 0 Å². The average molecular weight is 336 g/mol. The molecule has 0 unspecified atom stereocenters. The van der Waals surface area contributed by atoms with Gasteiger partial charge in [0.15, 0.2) is 0 Å². The maximum atomic E-state index is 12.6. The Morgan fingerprint density at radius 2 is 2.14 bits per heavy atom. The van der Waals surface area contributed by atoms with Crippen LogP contribution in [0.4, 0.5) is 0 Å². The fraction of sp³-hybridized carbons (Fsp3) is 0.500. The summed E-state index contributed by atoms with van der Waals surface area (Å²) in [5.74, 6) is 0.411. The molecule has 0 spiro atoms. The molecule has 1 amide bonds. The van der Waals surface area contributed by atoms with E-state index < -0.39 is 0 Å². The van der Waals surface area contributed by atoms with Crippen LogP contribution in [0.3, 0.4) is 0 Å². The highest BCUT2D eigenvalue weighted by Gasteiger charge is 2.27. The summed E-state index contributed by atoms with van der Waals surface area (Å²) >= 11 is 3.15. The number of rotatable bonds is 4. The second kappa shape index (κ2) is 6.89. The maximum absolute atomic E-state index is 12.6. The number of carbonyl (C=O) groups is 1. The number of nitrogens with zero attached hydrogens (tertiary/aromatic N) is 2. The van der Waals surface area contributed by atoms with Crippen molar-refractivity contribution in [2.24, 2.45) is 5.92 Å². The molecule has 2 aromatic rings. The normalized spacial score (nSPS) is 21.7. The van der Waals surface area contributed by atoms with E-state index in [1.807, 2.05) is 34.2 Å². The molecule has 2 aromatic heterocycles. The van der Waals surface area contributed by atoms with Crippen molar-refractivity contribution in [1.82, 2.24) is 9.88 Å². The first kappa shape index (κ1) is 15.6. The summed E-state index contributed by atoms with van der Waals surface area (Å²) in [6.07, 6.45) is 3.93. The predicted octanol–water partition coefficient (Wildman–Crippen LogP) is 3.49. The Morgan fingerprint density at radius 3 is 2.77 bits per heavy atom. The van der Waals surface area contributed by atoms with Gasteiger partial charge in [-0.2, -0.15) is 11.3 Å². The fourth-order valence-electron chi connectivity index (χ4n) is 2.95. The number of carbonyl (C=O) groups excluding carboxylic acids is 1. The van der Waals surface area contributed by atoms with E-state index in [4.69, 9.17) is 0 Å². The number of hydrogen-bond donors (Lipinski definition) is 1. The molecule has 0 bridgehead atoms. The largest absolute Gasteiger partial charge is 0.396 e. The summed E-state index contributed by atoms with van der Waals surface area (Å²) in [6, 6.07) is 2.29. The van der Waals surface area contributed by atoms with Gasteiger partial charge in [-0.25, -0.2) is 4.98 Å². The first-order chi connectivity index (χ1) is 10.7. The molecule has 0 radical (unpaired) electrons. The molecule has 22 heavy (non-hydrogen) atoms. The highest BCUT2D eigenvalue weighted by atomic mass is 32.1. The van der Waals surface area contributed by atoms with Crippen molar-refractivity contribution in [1.29, 1.82) is 0 Å². The quantitative estimate of drug-likeness (QED) is 0.930. The van der Waals surface area contributed by atoms with Gasteiger partial charge in [0.05, 0.1) is 0 Å². The number of aromatic nitrogens is 1. The Hall–Kier alpha value is -1.24. The van der Waals surface area contributed by atoms with Gasteiger partial charge in [0.1, 0.15) is 10.7 Å². The second-order valence-corrected chi connectivity index (χ2v) is 7.46.